The van der Waals surface area contributed by atoms with Gasteiger partial charge in [0.05, 0.1) is 0 Å². The minimum Gasteiger partial charge on any atom is -0.480 e. The van der Waals surface area contributed by atoms with Crippen LogP contribution in [0.5, 0.6) is 0 Å². The Morgan fingerprint density at radius 2 is 1.81 bits per heavy atom. The molecule has 0 saturated carbocycles. The maximum absolute atomic E-state index is 12.5. The fourth-order valence-corrected chi connectivity index (χ4v) is 3.20. The van der Waals surface area contributed by atoms with Gasteiger partial charge in [-0.25, -0.2) is 4.79 Å². The highest BCUT2D eigenvalue weighted by Crippen LogP contribution is 2.20. The Labute approximate surface area is 129 Å². The van der Waals surface area contributed by atoms with Crippen molar-refractivity contribution in [1.82, 2.24) is 4.90 Å². The second kappa shape index (κ2) is 6.91. The van der Waals surface area contributed by atoms with Gasteiger partial charge < -0.3 is 10.0 Å². The summed E-state index contributed by atoms with van der Waals surface area (Å²) in [6.07, 6.45) is 0. The third-order valence-electron chi connectivity index (χ3n) is 3.11. The average molecular weight is 331 g/mol. The van der Waals surface area contributed by atoms with E-state index in [0.717, 1.165) is 0 Å². The van der Waals surface area contributed by atoms with Gasteiger partial charge in [0.2, 0.25) is 0 Å². The van der Waals surface area contributed by atoms with Crippen LogP contribution in [0.25, 0.3) is 0 Å². The monoisotopic (exact) mass is 330 g/mol. The van der Waals surface area contributed by atoms with Crippen LogP contribution in [0.2, 0.25) is 5.02 Å². The Kier molecular flexibility index (Phi) is 5.19. The molecule has 2 rings (SSSR count). The van der Waals surface area contributed by atoms with Crippen molar-refractivity contribution in [3.63, 3.8) is 0 Å². The van der Waals surface area contributed by atoms with E-state index in [1.54, 1.807) is 24.3 Å². The Morgan fingerprint density at radius 3 is 2.33 bits per heavy atom. The Morgan fingerprint density at radius 1 is 1.24 bits per heavy atom. The summed E-state index contributed by atoms with van der Waals surface area (Å²) in [4.78, 5) is 26.2. The maximum Gasteiger partial charge on any atom is 0.325 e. The van der Waals surface area contributed by atoms with Crippen LogP contribution in [0.3, 0.4) is 0 Å². The van der Waals surface area contributed by atoms with E-state index in [1.807, 2.05) is 0 Å². The van der Waals surface area contributed by atoms with Crippen molar-refractivity contribution >= 4 is 40.1 Å². The van der Waals surface area contributed by atoms with Gasteiger partial charge in [-0.15, -0.1) is 0 Å². The van der Waals surface area contributed by atoms with Crippen molar-refractivity contribution < 1.29 is 18.9 Å². The number of benzene rings is 1. The fraction of sp³-hybridized carbons (Fsp3) is 0.385. The molecule has 0 aromatic heterocycles. The number of amides is 2. The molecular formula is C13H15ClN2O4S. The second-order valence-corrected chi connectivity index (χ2v) is 6.71. The lowest BCUT2D eigenvalue weighted by Crippen LogP contribution is -2.50. The summed E-state index contributed by atoms with van der Waals surface area (Å²) < 4.78 is 11.3. The Bertz CT molecular complexity index is 554. The molecule has 0 bridgehead atoms. The SMILES string of the molecule is O=C(O)CN(C(=O)N1CCS(=O)CC1)c1ccc(Cl)cc1. The van der Waals surface area contributed by atoms with E-state index >= 15 is 0 Å². The quantitative estimate of drug-likeness (QED) is 0.909. The standard InChI is InChI=1S/C13H15ClN2O4S/c14-10-1-3-11(4-2-10)16(9-12(17)18)13(19)15-5-7-21(20)8-6-15/h1-4H,5-9H2,(H,17,18). The number of carbonyl (C=O) groups excluding carboxylic acids is 1. The van der Waals surface area contributed by atoms with Gasteiger partial charge in [0, 0.05) is 46.1 Å². The summed E-state index contributed by atoms with van der Waals surface area (Å²) in [5, 5.41) is 9.51. The first kappa shape index (κ1) is 15.8. The van der Waals surface area contributed by atoms with Crippen molar-refractivity contribution in [3.05, 3.63) is 29.3 Å². The summed E-state index contributed by atoms with van der Waals surface area (Å²) in [7, 11) is -0.895. The predicted octanol–water partition coefficient (Wildman–Crippen LogP) is 1.42. The highest BCUT2D eigenvalue weighted by atomic mass is 35.5. The van der Waals surface area contributed by atoms with Crippen molar-refractivity contribution in [3.8, 4) is 0 Å². The number of halogens is 1. The molecule has 0 unspecified atom stereocenters. The van der Waals surface area contributed by atoms with Gasteiger partial charge in [0.25, 0.3) is 0 Å². The molecule has 6 nitrogen and oxygen atoms in total. The van der Waals surface area contributed by atoms with Crippen molar-refractivity contribution in [2.24, 2.45) is 0 Å². The topological polar surface area (TPSA) is 77.9 Å². The maximum atomic E-state index is 12.5. The molecule has 8 heteroatoms. The second-order valence-electron chi connectivity index (χ2n) is 4.57. The van der Waals surface area contributed by atoms with Crippen LogP contribution in [0.1, 0.15) is 0 Å². The van der Waals surface area contributed by atoms with Crippen LogP contribution in [0.4, 0.5) is 10.5 Å². The predicted molar refractivity (Wildman–Crippen MR) is 81.3 cm³/mol. The van der Waals surface area contributed by atoms with E-state index in [1.165, 1.54) is 9.80 Å². The summed E-state index contributed by atoms with van der Waals surface area (Å²) >= 11 is 5.80. The number of hydrogen-bond donors (Lipinski definition) is 1. The normalized spacial score (nSPS) is 15.8. The van der Waals surface area contributed by atoms with Crippen LogP contribution < -0.4 is 4.90 Å². The molecule has 1 N–H and O–H groups in total. The van der Waals surface area contributed by atoms with Gasteiger partial charge >= 0.3 is 12.0 Å². The summed E-state index contributed by atoms with van der Waals surface area (Å²) in [5.41, 5.74) is 0.471. The zero-order valence-corrected chi connectivity index (χ0v) is 12.8. The van der Waals surface area contributed by atoms with Crippen LogP contribution in [0.15, 0.2) is 24.3 Å². The zero-order valence-electron chi connectivity index (χ0n) is 11.2. The molecular weight excluding hydrogens is 316 g/mol. The lowest BCUT2D eigenvalue weighted by molar-refractivity contribution is -0.135. The van der Waals surface area contributed by atoms with Crippen molar-refractivity contribution in [2.75, 3.05) is 36.0 Å². The van der Waals surface area contributed by atoms with E-state index in [2.05, 4.69) is 0 Å². The smallest absolute Gasteiger partial charge is 0.325 e. The molecule has 1 fully saturated rings. The van der Waals surface area contributed by atoms with E-state index < -0.39 is 29.3 Å². The van der Waals surface area contributed by atoms with Crippen molar-refractivity contribution in [1.29, 1.82) is 0 Å². The molecule has 0 radical (unpaired) electrons. The molecule has 0 aliphatic carbocycles. The number of carboxylic acids is 1. The highest BCUT2D eigenvalue weighted by molar-refractivity contribution is 7.85. The number of carbonyl (C=O) groups is 2. The molecule has 21 heavy (non-hydrogen) atoms. The van der Waals surface area contributed by atoms with E-state index in [-0.39, 0.29) is 0 Å². The number of urea groups is 1. The minimum atomic E-state index is -1.10. The first-order valence-corrected chi connectivity index (χ1v) is 8.23. The number of anilines is 1. The van der Waals surface area contributed by atoms with Crippen LogP contribution in [0, 0.1) is 0 Å². The third kappa shape index (κ3) is 4.18. The van der Waals surface area contributed by atoms with E-state index in [0.29, 0.717) is 35.3 Å². The Balaban J connectivity index is 2.18. The molecule has 1 aliphatic heterocycles. The van der Waals surface area contributed by atoms with Gasteiger partial charge in [-0.05, 0) is 24.3 Å². The van der Waals surface area contributed by atoms with Gasteiger partial charge in [0.1, 0.15) is 6.54 Å². The van der Waals surface area contributed by atoms with Gasteiger partial charge in [-0.1, -0.05) is 11.6 Å². The highest BCUT2D eigenvalue weighted by Gasteiger charge is 2.27. The largest absolute Gasteiger partial charge is 0.480 e. The van der Waals surface area contributed by atoms with Gasteiger partial charge in [0.15, 0.2) is 0 Å². The molecule has 2 amide bonds. The van der Waals surface area contributed by atoms with Gasteiger partial charge in [-0.3, -0.25) is 13.9 Å². The molecule has 1 aromatic rings. The lowest BCUT2D eigenvalue weighted by atomic mass is 10.3. The summed E-state index contributed by atoms with van der Waals surface area (Å²) in [6, 6.07) is 6.02. The number of carboxylic acid groups (broad SMARTS) is 1. The number of nitrogens with zero attached hydrogens (tertiary/aromatic N) is 2. The Hall–Kier alpha value is -1.60. The van der Waals surface area contributed by atoms with E-state index in [9.17, 15) is 13.8 Å². The van der Waals surface area contributed by atoms with Crippen LogP contribution in [-0.4, -0.2) is 57.4 Å². The number of rotatable bonds is 3. The molecule has 1 saturated heterocycles. The number of aliphatic carboxylic acids is 1. The van der Waals surface area contributed by atoms with Crippen LogP contribution >= 0.6 is 11.6 Å². The molecule has 0 atom stereocenters. The van der Waals surface area contributed by atoms with E-state index in [4.69, 9.17) is 16.7 Å². The third-order valence-corrected chi connectivity index (χ3v) is 4.64. The zero-order chi connectivity index (χ0) is 15.4. The summed E-state index contributed by atoms with van der Waals surface area (Å²) in [6.45, 7) is 0.310. The molecule has 1 aromatic carbocycles. The first-order chi connectivity index (χ1) is 9.97. The van der Waals surface area contributed by atoms with Crippen LogP contribution in [-0.2, 0) is 15.6 Å². The fourth-order valence-electron chi connectivity index (χ4n) is 2.03. The average Bonchev–Trinajstić information content (AvgIpc) is 2.46. The molecule has 0 spiro atoms. The molecule has 1 heterocycles. The molecule has 1 aliphatic rings. The van der Waals surface area contributed by atoms with Gasteiger partial charge in [-0.2, -0.15) is 0 Å². The lowest BCUT2D eigenvalue weighted by Gasteiger charge is -2.32. The first-order valence-electron chi connectivity index (χ1n) is 6.36. The summed E-state index contributed by atoms with van der Waals surface area (Å²) in [5.74, 6) is -0.250. The van der Waals surface area contributed by atoms with Crippen molar-refractivity contribution in [2.45, 2.75) is 0 Å². The number of hydrogen-bond acceptors (Lipinski definition) is 3. The minimum absolute atomic E-state index is 0.370. The molecule has 114 valence electrons.